The predicted octanol–water partition coefficient (Wildman–Crippen LogP) is 17.3. The van der Waals surface area contributed by atoms with Gasteiger partial charge in [-0.2, -0.15) is 32.7 Å². The molecule has 66 heavy (non-hydrogen) atoms. The summed E-state index contributed by atoms with van der Waals surface area (Å²) in [4.78, 5) is 0. The van der Waals surface area contributed by atoms with Crippen LogP contribution in [0.15, 0.2) is 115 Å². The van der Waals surface area contributed by atoms with Crippen molar-refractivity contribution in [2.75, 3.05) is 6.26 Å². The third-order valence-corrected chi connectivity index (χ3v) is 11.2. The SMILES string of the molecule is CS(=O)(=O)O.Cc1cc(C(C)(C)C)c(C(C)(C)C)cc1C.Cc1cc(C(C)(C)C)c(C(C)(C)C)cc1C.[CH2-]c1ccccc1-c1c(C)cccc1C.[NH-]c1ccccc1-c1[c-]cccc1.[Pd]. The van der Waals surface area contributed by atoms with Crippen LogP contribution in [0.25, 0.3) is 28.0 Å². The molecule has 6 rings (SSSR count). The topological polar surface area (TPSA) is 78.2 Å². The van der Waals surface area contributed by atoms with Crippen molar-refractivity contribution in [2.24, 2.45) is 0 Å². The Morgan fingerprint density at radius 2 is 0.803 bits per heavy atom. The molecule has 4 nitrogen and oxygen atoms in total. The van der Waals surface area contributed by atoms with E-state index in [2.05, 4.69) is 198 Å². The Balaban J connectivity index is 0.000000424. The van der Waals surface area contributed by atoms with Crippen LogP contribution in [0.1, 0.15) is 144 Å². The standard InChI is InChI=1S/2C16H26.C15H15.C12H9N.CH4O3S.Pd/c2*1-11-9-13(15(3,4)5)14(10-12(11)2)16(6,7)8;1-11-7-4-5-10-14(11)15-12(2)8-6-9-13(15)3;13-12-9-5-4-8-11(12)10-6-2-1-3-7-10;1-5(2,3)4;/h2*9-10H,1-8H3;4-10H,1H2,2-3H3;1-6,8-9,13H;1H3,(H,2,3,4);/q;;-1;-2;;. The molecule has 0 bridgehead atoms. The van der Waals surface area contributed by atoms with Crippen LogP contribution in [0.4, 0.5) is 5.69 Å². The molecule has 0 atom stereocenters. The summed E-state index contributed by atoms with van der Waals surface area (Å²) in [6.07, 6.45) is 0.715. The summed E-state index contributed by atoms with van der Waals surface area (Å²) < 4.78 is 25.9. The Morgan fingerprint density at radius 3 is 1.11 bits per heavy atom. The van der Waals surface area contributed by atoms with Crippen LogP contribution in [0, 0.1) is 54.5 Å². The van der Waals surface area contributed by atoms with Gasteiger partial charge < -0.3 is 5.73 Å². The number of hydrogen-bond acceptors (Lipinski definition) is 2. The predicted molar refractivity (Wildman–Crippen MR) is 285 cm³/mol. The summed E-state index contributed by atoms with van der Waals surface area (Å²) >= 11 is 0. The second kappa shape index (κ2) is 24.5. The van der Waals surface area contributed by atoms with Crippen LogP contribution in [-0.2, 0) is 52.2 Å². The van der Waals surface area contributed by atoms with E-state index < -0.39 is 10.1 Å². The molecule has 0 aliphatic carbocycles. The van der Waals surface area contributed by atoms with Crippen molar-refractivity contribution in [2.45, 2.75) is 146 Å². The molecule has 6 aromatic rings. The van der Waals surface area contributed by atoms with Crippen LogP contribution in [-0.4, -0.2) is 19.2 Å². The van der Waals surface area contributed by atoms with E-state index in [0.29, 0.717) is 11.9 Å². The van der Waals surface area contributed by atoms with Gasteiger partial charge in [0, 0.05) is 20.4 Å². The van der Waals surface area contributed by atoms with E-state index in [1.54, 1.807) is 6.07 Å². The van der Waals surface area contributed by atoms with E-state index in [-0.39, 0.29) is 42.1 Å². The van der Waals surface area contributed by atoms with Crippen LogP contribution in [0.2, 0.25) is 0 Å². The zero-order chi connectivity index (χ0) is 49.9. The Hall–Kier alpha value is -4.44. The number of aryl methyl sites for hydroxylation is 6. The third-order valence-electron chi connectivity index (χ3n) is 11.2. The van der Waals surface area contributed by atoms with Crippen molar-refractivity contribution in [1.82, 2.24) is 0 Å². The zero-order valence-corrected chi connectivity index (χ0v) is 46.0. The molecule has 6 heteroatoms. The maximum Gasteiger partial charge on any atom is 0.261 e. The van der Waals surface area contributed by atoms with Gasteiger partial charge in [-0.1, -0.05) is 173 Å². The largest absolute Gasteiger partial charge is 0.706 e. The van der Waals surface area contributed by atoms with Gasteiger partial charge in [-0.25, -0.2) is 0 Å². The van der Waals surface area contributed by atoms with Crippen LogP contribution in [0.5, 0.6) is 0 Å². The molecule has 0 saturated heterocycles. The Morgan fingerprint density at radius 1 is 0.485 bits per heavy atom. The fourth-order valence-electron chi connectivity index (χ4n) is 7.40. The van der Waals surface area contributed by atoms with Crippen molar-refractivity contribution in [3.8, 4) is 22.3 Å². The summed E-state index contributed by atoms with van der Waals surface area (Å²) in [7, 11) is -3.67. The van der Waals surface area contributed by atoms with E-state index in [9.17, 15) is 8.42 Å². The van der Waals surface area contributed by atoms with Gasteiger partial charge in [-0.3, -0.25) is 4.55 Å². The van der Waals surface area contributed by atoms with E-state index in [1.807, 2.05) is 48.5 Å². The van der Waals surface area contributed by atoms with Gasteiger partial charge in [-0.15, -0.1) is 59.2 Å². The minimum Gasteiger partial charge on any atom is -0.706 e. The quantitative estimate of drug-likeness (QED) is 0.107. The van der Waals surface area contributed by atoms with Crippen molar-refractivity contribution in [3.05, 3.63) is 195 Å². The smallest absolute Gasteiger partial charge is 0.261 e. The van der Waals surface area contributed by atoms with Crippen LogP contribution in [0.3, 0.4) is 0 Å². The number of hydrogen-bond donors (Lipinski definition) is 1. The average molecular weight is 1000 g/mol. The number of benzene rings is 6. The molecule has 0 saturated carbocycles. The average Bonchev–Trinajstić information content (AvgIpc) is 3.16. The van der Waals surface area contributed by atoms with Crippen LogP contribution >= 0.6 is 0 Å². The summed E-state index contributed by atoms with van der Waals surface area (Å²) in [5.74, 6) is 0. The van der Waals surface area contributed by atoms with Crippen molar-refractivity contribution < 1.29 is 33.4 Å². The summed E-state index contributed by atoms with van der Waals surface area (Å²) in [5, 5.41) is 0. The first-order valence-electron chi connectivity index (χ1n) is 22.6. The Bertz CT molecular complexity index is 2400. The molecule has 0 fully saturated rings. The van der Waals surface area contributed by atoms with Gasteiger partial charge >= 0.3 is 0 Å². The molecule has 0 aliphatic rings. The van der Waals surface area contributed by atoms with Gasteiger partial charge in [0.2, 0.25) is 0 Å². The normalized spacial score (nSPS) is 11.5. The van der Waals surface area contributed by atoms with Gasteiger partial charge in [0.25, 0.3) is 10.1 Å². The first-order valence-corrected chi connectivity index (χ1v) is 24.4. The first-order chi connectivity index (χ1) is 29.6. The second-order valence-electron chi connectivity index (χ2n) is 21.4. The number of nitrogens with one attached hydrogen (secondary N) is 1. The van der Waals surface area contributed by atoms with E-state index in [1.165, 1.54) is 66.8 Å². The monoisotopic (exact) mass is 1000 g/mol. The zero-order valence-electron chi connectivity index (χ0n) is 43.7. The minimum atomic E-state index is -3.67. The first kappa shape index (κ1) is 59.6. The molecule has 0 aromatic heterocycles. The minimum absolute atomic E-state index is 0. The van der Waals surface area contributed by atoms with Crippen molar-refractivity contribution >= 4 is 15.8 Å². The molecule has 6 aromatic carbocycles. The van der Waals surface area contributed by atoms with E-state index in [4.69, 9.17) is 10.3 Å². The van der Waals surface area contributed by atoms with Gasteiger partial charge in [0.15, 0.2) is 0 Å². The third kappa shape index (κ3) is 19.0. The van der Waals surface area contributed by atoms with Crippen molar-refractivity contribution in [1.29, 1.82) is 0 Å². The molecule has 0 heterocycles. The van der Waals surface area contributed by atoms with Gasteiger partial charge in [-0.05, 0) is 108 Å². The molecule has 362 valence electrons. The Kier molecular flexibility index (Phi) is 22.2. The van der Waals surface area contributed by atoms with Gasteiger partial charge in [0.05, 0.1) is 6.26 Å². The maximum atomic E-state index is 9.19. The van der Waals surface area contributed by atoms with Gasteiger partial charge in [0.1, 0.15) is 0 Å². The molecule has 0 amide bonds. The van der Waals surface area contributed by atoms with E-state index in [0.717, 1.165) is 16.7 Å². The maximum absolute atomic E-state index is 9.19. The molecular formula is C60H80NO3PdS-3. The summed E-state index contributed by atoms with van der Waals surface area (Å²) in [6.45, 7) is 44.8. The molecule has 2 N–H and O–H groups in total. The summed E-state index contributed by atoms with van der Waals surface area (Å²) in [5.41, 5.74) is 28.9. The molecule has 0 aliphatic heterocycles. The van der Waals surface area contributed by atoms with Crippen molar-refractivity contribution in [3.63, 3.8) is 0 Å². The fraction of sp³-hybridized carbons (Fsp3) is 0.383. The molecular weight excluding hydrogens is 921 g/mol. The Labute approximate surface area is 416 Å². The second-order valence-corrected chi connectivity index (χ2v) is 22.9. The molecule has 0 spiro atoms. The molecule has 0 unspecified atom stereocenters. The molecule has 0 radical (unpaired) electrons. The number of rotatable bonds is 2. The van der Waals surface area contributed by atoms with E-state index >= 15 is 0 Å². The van der Waals surface area contributed by atoms with Crippen LogP contribution < -0.4 is 0 Å². The fourth-order valence-corrected chi connectivity index (χ4v) is 7.40. The summed E-state index contributed by atoms with van der Waals surface area (Å²) in [6, 6.07) is 42.5.